The number of fused-ring (bicyclic) bond motifs is 1. The molecule has 0 spiro atoms. The van der Waals surface area contributed by atoms with E-state index < -0.39 is 27.1 Å². The molecule has 1 atom stereocenters. The fourth-order valence-electron chi connectivity index (χ4n) is 3.46. The van der Waals surface area contributed by atoms with E-state index in [0.717, 1.165) is 12.3 Å². The van der Waals surface area contributed by atoms with E-state index in [-0.39, 0.29) is 23.4 Å². The molecule has 0 bridgehead atoms. The second-order valence-corrected chi connectivity index (χ2v) is 9.37. The van der Waals surface area contributed by atoms with Gasteiger partial charge < -0.3 is 5.11 Å². The molecule has 2 aromatic heterocycles. The van der Waals surface area contributed by atoms with Crippen LogP contribution in [-0.4, -0.2) is 39.5 Å². The zero-order valence-electron chi connectivity index (χ0n) is 16.4. The van der Waals surface area contributed by atoms with Crippen molar-refractivity contribution in [1.29, 1.82) is 0 Å². The summed E-state index contributed by atoms with van der Waals surface area (Å²) in [7, 11) is -3.36. The van der Waals surface area contributed by atoms with Crippen LogP contribution in [0.4, 0.5) is 8.78 Å². The number of hydrogen-bond acceptors (Lipinski definition) is 6. The molecule has 0 aliphatic carbocycles. The molecule has 0 aliphatic rings. The van der Waals surface area contributed by atoms with Crippen LogP contribution in [0.5, 0.6) is 0 Å². The van der Waals surface area contributed by atoms with E-state index in [1.807, 2.05) is 0 Å². The van der Waals surface area contributed by atoms with Crippen LogP contribution >= 0.6 is 0 Å². The first-order valence-electron chi connectivity index (χ1n) is 9.24. The minimum absolute atomic E-state index is 0.0980. The maximum Gasteiger partial charge on any atom is 0.175 e. The second-order valence-electron chi connectivity index (χ2n) is 7.35. The molecule has 31 heavy (non-hydrogen) atoms. The average Bonchev–Trinajstić information content (AvgIpc) is 3.19. The van der Waals surface area contributed by atoms with Gasteiger partial charge in [-0.05, 0) is 30.3 Å². The van der Waals surface area contributed by atoms with Crippen molar-refractivity contribution in [3.63, 3.8) is 0 Å². The van der Waals surface area contributed by atoms with Gasteiger partial charge in [-0.25, -0.2) is 26.9 Å². The van der Waals surface area contributed by atoms with Gasteiger partial charge in [0.1, 0.15) is 29.9 Å². The Balaban J connectivity index is 1.75. The lowest BCUT2D eigenvalue weighted by atomic mass is 9.88. The van der Waals surface area contributed by atoms with Gasteiger partial charge in [-0.15, -0.1) is 0 Å². The van der Waals surface area contributed by atoms with Crippen molar-refractivity contribution >= 4 is 20.7 Å². The summed E-state index contributed by atoms with van der Waals surface area (Å²) < 4.78 is 52.9. The van der Waals surface area contributed by atoms with Crippen molar-refractivity contribution in [1.82, 2.24) is 19.7 Å². The normalized spacial score (nSPS) is 13.9. The first kappa shape index (κ1) is 21.0. The number of aliphatic hydroxyl groups is 1. The molecule has 0 aliphatic heterocycles. The van der Waals surface area contributed by atoms with Crippen LogP contribution in [0.1, 0.15) is 11.3 Å². The van der Waals surface area contributed by atoms with Gasteiger partial charge in [0, 0.05) is 35.4 Å². The number of halogens is 2. The highest BCUT2D eigenvalue weighted by Crippen LogP contribution is 2.30. The Hall–Kier alpha value is -3.24. The smallest absolute Gasteiger partial charge is 0.175 e. The van der Waals surface area contributed by atoms with Gasteiger partial charge in [-0.3, -0.25) is 4.98 Å². The van der Waals surface area contributed by atoms with E-state index in [1.54, 1.807) is 18.2 Å². The third-order valence-corrected chi connectivity index (χ3v) is 6.05. The van der Waals surface area contributed by atoms with Gasteiger partial charge in [0.2, 0.25) is 0 Å². The summed E-state index contributed by atoms with van der Waals surface area (Å²) >= 11 is 0. The van der Waals surface area contributed by atoms with Gasteiger partial charge in [-0.1, -0.05) is 12.1 Å². The van der Waals surface area contributed by atoms with Crippen LogP contribution in [0.25, 0.3) is 10.9 Å². The van der Waals surface area contributed by atoms with Gasteiger partial charge >= 0.3 is 0 Å². The summed E-state index contributed by atoms with van der Waals surface area (Å²) in [5, 5.41) is 16.0. The number of sulfone groups is 1. The average molecular weight is 444 g/mol. The van der Waals surface area contributed by atoms with E-state index in [1.165, 1.54) is 35.5 Å². The molecule has 0 saturated carbocycles. The molecular formula is C21H18F2N4O3S. The highest BCUT2D eigenvalue weighted by atomic mass is 32.2. The summed E-state index contributed by atoms with van der Waals surface area (Å²) in [5.41, 5.74) is -0.934. The van der Waals surface area contributed by atoms with Crippen LogP contribution in [0, 0.1) is 11.6 Å². The van der Waals surface area contributed by atoms with Gasteiger partial charge in [0.15, 0.2) is 9.84 Å². The Bertz CT molecular complexity index is 1360. The summed E-state index contributed by atoms with van der Waals surface area (Å²) in [4.78, 5) is 8.50. The zero-order valence-corrected chi connectivity index (χ0v) is 17.2. The molecule has 0 saturated heterocycles. The van der Waals surface area contributed by atoms with Crippen LogP contribution in [0.3, 0.4) is 0 Å². The SMILES string of the molecule is CS(=O)(=O)c1ccc2nc(CC(O)(Cn3cncn3)c3ccc(F)cc3F)ccc2c1. The Morgan fingerprint density at radius 2 is 1.90 bits per heavy atom. The van der Waals surface area contributed by atoms with Crippen molar-refractivity contribution in [3.8, 4) is 0 Å². The molecule has 2 heterocycles. The molecule has 0 fully saturated rings. The number of hydrogen-bond donors (Lipinski definition) is 1. The topological polar surface area (TPSA) is 98.0 Å². The minimum atomic E-state index is -3.36. The number of pyridine rings is 1. The summed E-state index contributed by atoms with van der Waals surface area (Å²) in [6.07, 6.45) is 3.69. The maximum absolute atomic E-state index is 14.6. The number of rotatable bonds is 6. The molecule has 4 rings (SSSR count). The molecule has 160 valence electrons. The predicted octanol–water partition coefficient (Wildman–Crippen LogP) is 2.64. The van der Waals surface area contributed by atoms with E-state index in [9.17, 15) is 22.3 Å². The van der Waals surface area contributed by atoms with Crippen molar-refractivity contribution < 1.29 is 22.3 Å². The molecule has 0 amide bonds. The fraction of sp³-hybridized carbons (Fsp3) is 0.190. The first-order valence-corrected chi connectivity index (χ1v) is 11.1. The fourth-order valence-corrected chi connectivity index (χ4v) is 4.12. The zero-order chi connectivity index (χ0) is 22.2. The van der Waals surface area contributed by atoms with Gasteiger partial charge in [-0.2, -0.15) is 5.10 Å². The van der Waals surface area contributed by atoms with Crippen LogP contribution in [-0.2, 0) is 28.4 Å². The van der Waals surface area contributed by atoms with Gasteiger partial charge in [0.05, 0.1) is 17.0 Å². The maximum atomic E-state index is 14.6. The lowest BCUT2D eigenvalue weighted by molar-refractivity contribution is 0.0108. The highest BCUT2D eigenvalue weighted by molar-refractivity contribution is 7.90. The summed E-state index contributed by atoms with van der Waals surface area (Å²) in [5.74, 6) is -1.64. The van der Waals surface area contributed by atoms with Gasteiger partial charge in [0.25, 0.3) is 0 Å². The lowest BCUT2D eigenvalue weighted by Gasteiger charge is -2.29. The third-order valence-electron chi connectivity index (χ3n) is 4.94. The van der Waals surface area contributed by atoms with Crippen molar-refractivity contribution in [3.05, 3.63) is 84.1 Å². The molecule has 1 N–H and O–H groups in total. The third kappa shape index (κ3) is 4.44. The molecule has 4 aromatic rings. The Kier molecular flexibility index (Phi) is 5.28. The van der Waals surface area contributed by atoms with Crippen LogP contribution in [0.2, 0.25) is 0 Å². The largest absolute Gasteiger partial charge is 0.383 e. The summed E-state index contributed by atoms with van der Waals surface area (Å²) in [6.45, 7) is -0.137. The standard InChI is InChI=1S/C21H18F2N4O3S/c1-31(29,30)17-5-7-20-14(8-17)2-4-16(26-20)10-21(28,11-27-13-24-12-25-27)18-6-3-15(22)9-19(18)23/h2-9,12-13,28H,10-11H2,1H3. The Morgan fingerprint density at radius 3 is 2.58 bits per heavy atom. The Labute approximate surface area is 176 Å². The quantitative estimate of drug-likeness (QED) is 0.491. The molecule has 7 nitrogen and oxygen atoms in total. The molecular weight excluding hydrogens is 426 g/mol. The lowest BCUT2D eigenvalue weighted by Crippen LogP contribution is -2.35. The van der Waals surface area contributed by atoms with E-state index in [4.69, 9.17) is 0 Å². The number of nitrogens with zero attached hydrogens (tertiary/aromatic N) is 4. The van der Waals surface area contributed by atoms with E-state index in [2.05, 4.69) is 15.1 Å². The predicted molar refractivity (Wildman–Crippen MR) is 109 cm³/mol. The van der Waals surface area contributed by atoms with Crippen molar-refractivity contribution in [2.45, 2.75) is 23.5 Å². The van der Waals surface area contributed by atoms with Crippen LogP contribution in [0.15, 0.2) is 66.1 Å². The molecule has 10 heteroatoms. The monoisotopic (exact) mass is 444 g/mol. The Morgan fingerprint density at radius 1 is 1.10 bits per heavy atom. The van der Waals surface area contributed by atoms with E-state index in [0.29, 0.717) is 22.7 Å². The second kappa shape index (κ2) is 7.78. The molecule has 2 aromatic carbocycles. The first-order chi connectivity index (χ1) is 14.6. The minimum Gasteiger partial charge on any atom is -0.383 e. The number of benzene rings is 2. The van der Waals surface area contributed by atoms with Crippen LogP contribution < -0.4 is 0 Å². The van der Waals surface area contributed by atoms with E-state index >= 15 is 0 Å². The molecule has 0 radical (unpaired) electrons. The highest BCUT2D eigenvalue weighted by Gasteiger charge is 2.34. The van der Waals surface area contributed by atoms with Crippen molar-refractivity contribution in [2.24, 2.45) is 0 Å². The van der Waals surface area contributed by atoms with Crippen molar-refractivity contribution in [2.75, 3.05) is 6.26 Å². The molecule has 1 unspecified atom stereocenters. The summed E-state index contributed by atoms with van der Waals surface area (Å²) in [6, 6.07) is 10.8. The number of aromatic nitrogens is 4.